The second-order valence-corrected chi connectivity index (χ2v) is 4.23. The molecule has 0 heterocycles. The molecule has 0 fully saturated rings. The van der Waals surface area contributed by atoms with Gasteiger partial charge in [0.25, 0.3) is 0 Å². The normalized spacial score (nSPS) is 11.4. The van der Waals surface area contributed by atoms with Crippen LogP contribution >= 0.6 is 11.8 Å². The van der Waals surface area contributed by atoms with Crippen molar-refractivity contribution in [2.75, 3.05) is 18.1 Å². The summed E-state index contributed by atoms with van der Waals surface area (Å²) in [5.74, 6) is -1.41. The molecule has 0 spiro atoms. The van der Waals surface area contributed by atoms with Crippen LogP contribution < -0.4 is 10.6 Å². The smallest absolute Gasteiger partial charge is 0.327 e. The molecule has 0 rings (SSSR count). The van der Waals surface area contributed by atoms with Crippen molar-refractivity contribution < 1.29 is 19.5 Å². The number of nitrogens with one attached hydrogen (secondary N) is 2. The third-order valence-corrected chi connectivity index (χ3v) is 2.67. The number of carbonyl (C=O) groups excluding carboxylic acids is 2. The second-order valence-electron chi connectivity index (χ2n) is 3.20. The number of carboxylic acid groups (broad SMARTS) is 1. The fourth-order valence-electron chi connectivity index (χ4n) is 0.927. The topological polar surface area (TPSA) is 95.5 Å². The largest absolute Gasteiger partial charge is 0.480 e. The van der Waals surface area contributed by atoms with Crippen molar-refractivity contribution in [2.24, 2.45) is 0 Å². The third-order valence-electron chi connectivity index (χ3n) is 1.64. The molecule has 0 aromatic heterocycles. The average Bonchev–Trinajstić information content (AvgIpc) is 2.24. The van der Waals surface area contributed by atoms with Gasteiger partial charge in [0.15, 0.2) is 0 Å². The van der Waals surface area contributed by atoms with E-state index in [1.165, 1.54) is 6.92 Å². The minimum Gasteiger partial charge on any atom is -0.480 e. The molecular weight excluding hydrogens is 244 g/mol. The number of carbonyl (C=O) groups is 3. The van der Waals surface area contributed by atoms with Crippen LogP contribution in [0.3, 0.4) is 0 Å². The van der Waals surface area contributed by atoms with Gasteiger partial charge in [0, 0.05) is 19.2 Å². The highest BCUT2D eigenvalue weighted by atomic mass is 32.2. The molecule has 0 bridgehead atoms. The van der Waals surface area contributed by atoms with Crippen molar-refractivity contribution in [3.63, 3.8) is 0 Å². The van der Waals surface area contributed by atoms with E-state index in [2.05, 4.69) is 17.2 Å². The Morgan fingerprint density at radius 3 is 2.59 bits per heavy atom. The first-order chi connectivity index (χ1) is 7.97. The van der Waals surface area contributed by atoms with Gasteiger partial charge in [-0.1, -0.05) is 6.08 Å². The van der Waals surface area contributed by atoms with Crippen LogP contribution in [0.4, 0.5) is 0 Å². The van der Waals surface area contributed by atoms with Gasteiger partial charge in [-0.15, -0.1) is 18.3 Å². The van der Waals surface area contributed by atoms with E-state index in [-0.39, 0.29) is 17.4 Å². The maximum Gasteiger partial charge on any atom is 0.327 e. The molecule has 17 heavy (non-hydrogen) atoms. The first-order valence-electron chi connectivity index (χ1n) is 4.92. The number of amides is 2. The predicted molar refractivity (Wildman–Crippen MR) is 65.8 cm³/mol. The van der Waals surface area contributed by atoms with Crippen LogP contribution in [0.25, 0.3) is 0 Å². The maximum absolute atomic E-state index is 11.2. The molecule has 0 aliphatic heterocycles. The summed E-state index contributed by atoms with van der Waals surface area (Å²) < 4.78 is 0. The molecule has 0 saturated heterocycles. The first kappa shape index (κ1) is 15.5. The lowest BCUT2D eigenvalue weighted by atomic mass is 10.3. The summed E-state index contributed by atoms with van der Waals surface area (Å²) in [6.45, 7) is 5.08. The van der Waals surface area contributed by atoms with E-state index in [0.717, 1.165) is 11.8 Å². The molecule has 2 amide bonds. The first-order valence-corrected chi connectivity index (χ1v) is 6.08. The summed E-state index contributed by atoms with van der Waals surface area (Å²) in [6.07, 6.45) is 1.56. The molecule has 0 radical (unpaired) electrons. The zero-order valence-corrected chi connectivity index (χ0v) is 10.4. The summed E-state index contributed by atoms with van der Waals surface area (Å²) in [6, 6.07) is -0.968. The summed E-state index contributed by atoms with van der Waals surface area (Å²) >= 11 is 1.15. The summed E-state index contributed by atoms with van der Waals surface area (Å²) in [5, 5.41) is 13.6. The van der Waals surface area contributed by atoms with Crippen LogP contribution in [-0.2, 0) is 14.4 Å². The van der Waals surface area contributed by atoms with Crippen molar-refractivity contribution in [2.45, 2.75) is 13.0 Å². The molecule has 1 atom stereocenters. The second kappa shape index (κ2) is 8.63. The van der Waals surface area contributed by atoms with Crippen LogP contribution in [0.2, 0.25) is 0 Å². The fraction of sp³-hybridized carbons (Fsp3) is 0.500. The standard InChI is InChI=1S/C10H16N2O4S/c1-3-4-11-9(14)6-17-5-8(10(15)16)12-7(2)13/h3,8H,1,4-6H2,2H3,(H,11,14)(H,12,13)(H,15,16). The van der Waals surface area contributed by atoms with Gasteiger partial charge in [-0.05, 0) is 0 Å². The molecule has 7 heteroatoms. The number of aliphatic carboxylic acids is 1. The molecule has 6 nitrogen and oxygen atoms in total. The Bertz CT molecular complexity index is 307. The Hall–Kier alpha value is -1.50. The molecule has 0 aliphatic carbocycles. The quantitative estimate of drug-likeness (QED) is 0.517. The molecule has 0 aromatic rings. The minimum atomic E-state index is -1.11. The zero-order chi connectivity index (χ0) is 13.3. The number of hydrogen-bond acceptors (Lipinski definition) is 4. The highest BCUT2D eigenvalue weighted by molar-refractivity contribution is 8.00. The summed E-state index contributed by atoms with van der Waals surface area (Å²) in [4.78, 5) is 32.6. The van der Waals surface area contributed by atoms with Crippen molar-refractivity contribution in [1.29, 1.82) is 0 Å². The number of thioether (sulfide) groups is 1. The summed E-state index contributed by atoms with van der Waals surface area (Å²) in [5.41, 5.74) is 0. The number of rotatable bonds is 8. The zero-order valence-electron chi connectivity index (χ0n) is 9.56. The minimum absolute atomic E-state index is 0.149. The van der Waals surface area contributed by atoms with Crippen molar-refractivity contribution >= 4 is 29.5 Å². The lowest BCUT2D eigenvalue weighted by molar-refractivity contribution is -0.140. The monoisotopic (exact) mass is 260 g/mol. The highest BCUT2D eigenvalue weighted by Crippen LogP contribution is 2.03. The Kier molecular flexibility index (Phi) is 7.87. The molecular formula is C10H16N2O4S. The Morgan fingerprint density at radius 1 is 1.47 bits per heavy atom. The summed E-state index contributed by atoms with van der Waals surface area (Å²) in [7, 11) is 0. The average molecular weight is 260 g/mol. The van der Waals surface area contributed by atoms with Gasteiger partial charge < -0.3 is 15.7 Å². The molecule has 0 saturated carbocycles. The van der Waals surface area contributed by atoms with Gasteiger partial charge in [-0.2, -0.15) is 0 Å². The number of carboxylic acids is 1. The van der Waals surface area contributed by atoms with E-state index in [1.807, 2.05) is 0 Å². The number of hydrogen-bond donors (Lipinski definition) is 3. The van der Waals surface area contributed by atoms with E-state index in [1.54, 1.807) is 6.08 Å². The maximum atomic E-state index is 11.2. The van der Waals surface area contributed by atoms with E-state index < -0.39 is 17.9 Å². The van der Waals surface area contributed by atoms with Gasteiger partial charge in [-0.3, -0.25) is 9.59 Å². The molecule has 1 unspecified atom stereocenters. The van der Waals surface area contributed by atoms with E-state index in [0.29, 0.717) is 6.54 Å². The molecule has 0 aromatic carbocycles. The Labute approximate surface area is 104 Å². The van der Waals surface area contributed by atoms with Crippen LogP contribution in [0.5, 0.6) is 0 Å². The van der Waals surface area contributed by atoms with Crippen LogP contribution in [0.15, 0.2) is 12.7 Å². The van der Waals surface area contributed by atoms with Gasteiger partial charge in [0.1, 0.15) is 6.04 Å². The van der Waals surface area contributed by atoms with Crippen LogP contribution in [0, 0.1) is 0 Å². The lowest BCUT2D eigenvalue weighted by Gasteiger charge is -2.12. The van der Waals surface area contributed by atoms with Gasteiger partial charge in [0.2, 0.25) is 11.8 Å². The van der Waals surface area contributed by atoms with Gasteiger partial charge >= 0.3 is 5.97 Å². The third kappa shape index (κ3) is 8.32. The van der Waals surface area contributed by atoms with Crippen molar-refractivity contribution in [1.82, 2.24) is 10.6 Å². The van der Waals surface area contributed by atoms with E-state index in [9.17, 15) is 14.4 Å². The Morgan fingerprint density at radius 2 is 2.12 bits per heavy atom. The molecule has 96 valence electrons. The van der Waals surface area contributed by atoms with E-state index >= 15 is 0 Å². The molecule has 0 aliphatic rings. The van der Waals surface area contributed by atoms with Crippen LogP contribution in [-0.4, -0.2) is 47.0 Å². The predicted octanol–water partition coefficient (Wildman–Crippen LogP) is -0.389. The van der Waals surface area contributed by atoms with Gasteiger partial charge in [0.05, 0.1) is 5.75 Å². The SMILES string of the molecule is C=CCNC(=O)CSCC(NC(C)=O)C(=O)O. The van der Waals surface area contributed by atoms with Crippen molar-refractivity contribution in [3.8, 4) is 0 Å². The Balaban J connectivity index is 3.89. The van der Waals surface area contributed by atoms with Crippen molar-refractivity contribution in [3.05, 3.63) is 12.7 Å². The lowest BCUT2D eigenvalue weighted by Crippen LogP contribution is -2.41. The fourth-order valence-corrected chi connectivity index (χ4v) is 1.79. The van der Waals surface area contributed by atoms with Gasteiger partial charge in [-0.25, -0.2) is 4.79 Å². The van der Waals surface area contributed by atoms with E-state index in [4.69, 9.17) is 5.11 Å². The van der Waals surface area contributed by atoms with Crippen LogP contribution in [0.1, 0.15) is 6.92 Å². The molecule has 3 N–H and O–H groups in total. The highest BCUT2D eigenvalue weighted by Gasteiger charge is 2.18.